The molecule has 1 aromatic carbocycles. The SMILES string of the molecule is Cc1nnc(NC(=O)Nc2ccc(-c3nc4c(c(N5CCOC[C@@H]5C)n3)CCN(C3COC3)C4)cc2)o1. The second-order valence-electron chi connectivity index (χ2n) is 9.61. The zero-order valence-corrected chi connectivity index (χ0v) is 20.9. The van der Waals surface area contributed by atoms with Crippen LogP contribution >= 0.6 is 0 Å². The van der Waals surface area contributed by atoms with Crippen LogP contribution in [-0.2, 0) is 22.4 Å². The van der Waals surface area contributed by atoms with Crippen LogP contribution in [0.1, 0.15) is 24.1 Å². The van der Waals surface area contributed by atoms with Crippen molar-refractivity contribution in [1.82, 2.24) is 25.1 Å². The number of ether oxygens (including phenoxy) is 2. The Kier molecular flexibility index (Phi) is 6.45. The number of nitrogens with zero attached hydrogens (tertiary/aromatic N) is 6. The summed E-state index contributed by atoms with van der Waals surface area (Å²) in [6.07, 6.45) is 0.920. The Morgan fingerprint density at radius 1 is 1.03 bits per heavy atom. The highest BCUT2D eigenvalue weighted by atomic mass is 16.5. The first-order chi connectivity index (χ1) is 18.0. The Morgan fingerprint density at radius 3 is 2.57 bits per heavy atom. The predicted octanol–water partition coefficient (Wildman–Crippen LogP) is 2.46. The molecule has 0 radical (unpaired) electrons. The quantitative estimate of drug-likeness (QED) is 0.532. The third kappa shape index (κ3) is 4.99. The molecule has 37 heavy (non-hydrogen) atoms. The molecule has 5 heterocycles. The first kappa shape index (κ1) is 23.8. The maximum Gasteiger partial charge on any atom is 0.327 e. The topological polar surface area (TPSA) is 131 Å². The average molecular weight is 507 g/mol. The fourth-order valence-electron chi connectivity index (χ4n) is 4.89. The second kappa shape index (κ2) is 10.0. The number of morpholine rings is 1. The van der Waals surface area contributed by atoms with Gasteiger partial charge in [-0.05, 0) is 37.6 Å². The molecular formula is C25H30N8O4. The van der Waals surface area contributed by atoms with Crippen molar-refractivity contribution >= 4 is 23.6 Å². The number of amides is 2. The third-order valence-corrected chi connectivity index (χ3v) is 7.00. The van der Waals surface area contributed by atoms with E-state index in [2.05, 4.69) is 37.6 Å². The maximum atomic E-state index is 12.3. The zero-order valence-electron chi connectivity index (χ0n) is 20.9. The van der Waals surface area contributed by atoms with Crippen LogP contribution in [0, 0.1) is 6.92 Å². The van der Waals surface area contributed by atoms with Crippen molar-refractivity contribution in [2.24, 2.45) is 0 Å². The minimum atomic E-state index is -0.468. The maximum absolute atomic E-state index is 12.3. The molecule has 0 saturated carbocycles. The summed E-state index contributed by atoms with van der Waals surface area (Å²) in [4.78, 5) is 27.2. The highest BCUT2D eigenvalue weighted by Gasteiger charge is 2.33. The first-order valence-corrected chi connectivity index (χ1v) is 12.6. The van der Waals surface area contributed by atoms with E-state index in [1.807, 2.05) is 24.3 Å². The molecule has 3 aliphatic heterocycles. The molecule has 194 valence electrons. The zero-order chi connectivity index (χ0) is 25.4. The monoisotopic (exact) mass is 506 g/mol. The van der Waals surface area contributed by atoms with Gasteiger partial charge in [-0.15, -0.1) is 5.10 Å². The normalized spacial score (nSPS) is 20.3. The van der Waals surface area contributed by atoms with Crippen LogP contribution in [0.2, 0.25) is 0 Å². The Bertz CT molecular complexity index is 1280. The molecule has 2 saturated heterocycles. The lowest BCUT2D eigenvalue weighted by molar-refractivity contribution is -0.0699. The Labute approximate surface area is 214 Å². The van der Waals surface area contributed by atoms with Crippen LogP contribution in [0.25, 0.3) is 11.4 Å². The van der Waals surface area contributed by atoms with Crippen molar-refractivity contribution in [1.29, 1.82) is 0 Å². The lowest BCUT2D eigenvalue weighted by atomic mass is 10.0. The number of fused-ring (bicyclic) bond motifs is 1. The molecule has 3 aliphatic rings. The van der Waals surface area contributed by atoms with Gasteiger partial charge in [-0.1, -0.05) is 5.10 Å². The minimum Gasteiger partial charge on any atom is -0.408 e. The molecule has 0 spiro atoms. The smallest absolute Gasteiger partial charge is 0.327 e. The van der Waals surface area contributed by atoms with E-state index in [1.54, 1.807) is 6.92 Å². The second-order valence-corrected chi connectivity index (χ2v) is 9.61. The van der Waals surface area contributed by atoms with Gasteiger partial charge in [0.1, 0.15) is 5.82 Å². The summed E-state index contributed by atoms with van der Waals surface area (Å²) in [6, 6.07) is 7.77. The highest BCUT2D eigenvalue weighted by Crippen LogP contribution is 2.32. The van der Waals surface area contributed by atoms with E-state index in [4.69, 9.17) is 23.9 Å². The van der Waals surface area contributed by atoms with Crippen molar-refractivity contribution in [3.63, 3.8) is 0 Å². The first-order valence-electron chi connectivity index (χ1n) is 12.6. The summed E-state index contributed by atoms with van der Waals surface area (Å²) in [5, 5.41) is 12.8. The van der Waals surface area contributed by atoms with Crippen LogP contribution in [0.4, 0.5) is 22.3 Å². The number of benzene rings is 1. The summed E-state index contributed by atoms with van der Waals surface area (Å²) in [5.74, 6) is 2.06. The van der Waals surface area contributed by atoms with Gasteiger partial charge < -0.3 is 24.1 Å². The molecule has 0 bridgehead atoms. The summed E-state index contributed by atoms with van der Waals surface area (Å²) < 4.78 is 16.3. The van der Waals surface area contributed by atoms with E-state index in [1.165, 1.54) is 5.56 Å². The largest absolute Gasteiger partial charge is 0.408 e. The van der Waals surface area contributed by atoms with Gasteiger partial charge in [0.25, 0.3) is 0 Å². The van der Waals surface area contributed by atoms with Gasteiger partial charge in [0.05, 0.1) is 44.2 Å². The molecule has 12 nitrogen and oxygen atoms in total. The molecular weight excluding hydrogens is 476 g/mol. The molecule has 0 unspecified atom stereocenters. The third-order valence-electron chi connectivity index (χ3n) is 7.00. The molecule has 2 amide bonds. The Hall–Kier alpha value is -3.61. The molecule has 2 fully saturated rings. The summed E-state index contributed by atoms with van der Waals surface area (Å²) in [5.41, 5.74) is 3.81. The predicted molar refractivity (Wildman–Crippen MR) is 135 cm³/mol. The molecule has 3 aromatic rings. The van der Waals surface area contributed by atoms with Gasteiger partial charge in [-0.3, -0.25) is 10.2 Å². The number of hydrogen-bond donors (Lipinski definition) is 2. The van der Waals surface area contributed by atoms with Gasteiger partial charge in [-0.2, -0.15) is 0 Å². The molecule has 6 rings (SSSR count). The summed E-state index contributed by atoms with van der Waals surface area (Å²) in [7, 11) is 0. The molecule has 2 aromatic heterocycles. The van der Waals surface area contributed by atoms with Crippen LogP contribution in [-0.4, -0.2) is 82.7 Å². The van der Waals surface area contributed by atoms with Crippen LogP contribution in [0.15, 0.2) is 28.7 Å². The van der Waals surface area contributed by atoms with Crippen molar-refractivity contribution in [3.05, 3.63) is 41.4 Å². The average Bonchev–Trinajstić information content (AvgIpc) is 3.27. The van der Waals surface area contributed by atoms with E-state index in [-0.39, 0.29) is 12.1 Å². The number of urea groups is 1. The number of aromatic nitrogens is 4. The van der Waals surface area contributed by atoms with Crippen molar-refractivity contribution in [3.8, 4) is 11.4 Å². The van der Waals surface area contributed by atoms with Crippen LogP contribution in [0.3, 0.4) is 0 Å². The van der Waals surface area contributed by atoms with Gasteiger partial charge in [0.2, 0.25) is 5.89 Å². The van der Waals surface area contributed by atoms with Crippen LogP contribution in [0.5, 0.6) is 0 Å². The summed E-state index contributed by atoms with van der Waals surface area (Å²) >= 11 is 0. The summed E-state index contributed by atoms with van der Waals surface area (Å²) in [6.45, 7) is 9.37. The number of carbonyl (C=O) groups excluding carboxylic acids is 1. The molecule has 1 atom stereocenters. The number of hydrogen-bond acceptors (Lipinski definition) is 10. The molecule has 2 N–H and O–H groups in total. The number of nitrogens with one attached hydrogen (secondary N) is 2. The fourth-order valence-corrected chi connectivity index (χ4v) is 4.89. The lowest BCUT2D eigenvalue weighted by Gasteiger charge is -2.41. The molecule has 12 heteroatoms. The van der Waals surface area contributed by atoms with E-state index >= 15 is 0 Å². The Balaban J connectivity index is 1.25. The van der Waals surface area contributed by atoms with Crippen molar-refractivity contribution in [2.45, 2.75) is 38.9 Å². The van der Waals surface area contributed by atoms with E-state index < -0.39 is 6.03 Å². The number of carbonyl (C=O) groups is 1. The van der Waals surface area contributed by atoms with Gasteiger partial charge in [-0.25, -0.2) is 14.8 Å². The standard InChI is InChI=1S/C25H30N8O4/c1-15-12-35-10-9-33(15)23-20-7-8-32(19-13-36-14-19)11-21(20)27-22(28-23)17-3-5-18(6-4-17)26-24(34)29-25-31-30-16(2)37-25/h3-6,15,19H,7-14H2,1-2H3,(H2,26,29,31,34)/t15-/m0/s1. The van der Waals surface area contributed by atoms with Gasteiger partial charge >= 0.3 is 12.0 Å². The van der Waals surface area contributed by atoms with Crippen molar-refractivity contribution in [2.75, 3.05) is 55.1 Å². The van der Waals surface area contributed by atoms with E-state index in [9.17, 15) is 4.79 Å². The van der Waals surface area contributed by atoms with Gasteiger partial charge in [0, 0.05) is 43.4 Å². The number of aryl methyl sites for hydroxylation is 1. The Morgan fingerprint density at radius 2 is 1.86 bits per heavy atom. The van der Waals surface area contributed by atoms with E-state index in [0.717, 1.165) is 56.3 Å². The number of anilines is 3. The van der Waals surface area contributed by atoms with Gasteiger partial charge in [0.15, 0.2) is 5.82 Å². The highest BCUT2D eigenvalue weighted by molar-refractivity contribution is 5.98. The van der Waals surface area contributed by atoms with Crippen LogP contribution < -0.4 is 15.5 Å². The number of rotatable bonds is 5. The molecule has 0 aliphatic carbocycles. The fraction of sp³-hybridized carbons (Fsp3) is 0.480. The lowest BCUT2D eigenvalue weighted by Crippen LogP contribution is -2.51. The van der Waals surface area contributed by atoms with Crippen molar-refractivity contribution < 1.29 is 18.7 Å². The minimum absolute atomic E-state index is 0.0430. The van der Waals surface area contributed by atoms with E-state index in [0.29, 0.717) is 36.7 Å².